The first-order valence-corrected chi connectivity index (χ1v) is 6.17. The molecule has 0 spiro atoms. The van der Waals surface area contributed by atoms with Gasteiger partial charge in [0, 0.05) is 20.0 Å². The number of aromatic nitrogens is 3. The largest absolute Gasteiger partial charge is 0.465 e. The first-order valence-electron chi connectivity index (χ1n) is 6.17. The highest BCUT2D eigenvalue weighted by Crippen LogP contribution is 2.23. The lowest BCUT2D eigenvalue weighted by Gasteiger charge is -2.11. The van der Waals surface area contributed by atoms with Crippen molar-refractivity contribution in [1.82, 2.24) is 14.8 Å². The highest BCUT2D eigenvalue weighted by molar-refractivity contribution is 5.98. The van der Waals surface area contributed by atoms with Gasteiger partial charge in [0.15, 0.2) is 0 Å². The van der Waals surface area contributed by atoms with Gasteiger partial charge < -0.3 is 20.4 Å². The van der Waals surface area contributed by atoms with Crippen molar-refractivity contribution in [3.05, 3.63) is 35.9 Å². The van der Waals surface area contributed by atoms with Crippen LogP contribution in [0.25, 0.3) is 0 Å². The molecule has 1 aromatic carbocycles. The third-order valence-corrected chi connectivity index (χ3v) is 2.98. The van der Waals surface area contributed by atoms with E-state index >= 15 is 0 Å². The van der Waals surface area contributed by atoms with Crippen molar-refractivity contribution in [2.75, 3.05) is 24.7 Å². The maximum absolute atomic E-state index is 11.5. The van der Waals surface area contributed by atoms with Gasteiger partial charge in [0.2, 0.25) is 0 Å². The summed E-state index contributed by atoms with van der Waals surface area (Å²) in [5, 5.41) is 11.0. The molecule has 3 N–H and O–H groups in total. The SMILES string of the molecule is COC(=O)c1cccc(NCCc2nncn2C)c1N. The smallest absolute Gasteiger partial charge is 0.340 e. The van der Waals surface area contributed by atoms with E-state index in [4.69, 9.17) is 5.73 Å². The van der Waals surface area contributed by atoms with E-state index in [1.54, 1.807) is 18.5 Å². The fourth-order valence-corrected chi connectivity index (χ4v) is 1.85. The molecule has 2 rings (SSSR count). The summed E-state index contributed by atoms with van der Waals surface area (Å²) in [4.78, 5) is 11.5. The number of ether oxygens (including phenoxy) is 1. The highest BCUT2D eigenvalue weighted by Gasteiger charge is 2.12. The molecule has 0 atom stereocenters. The Hall–Kier alpha value is -2.57. The second-order valence-electron chi connectivity index (χ2n) is 4.29. The van der Waals surface area contributed by atoms with E-state index in [9.17, 15) is 4.79 Å². The molecule has 0 radical (unpaired) electrons. The van der Waals surface area contributed by atoms with Gasteiger partial charge in [-0.3, -0.25) is 0 Å². The number of hydrogen-bond donors (Lipinski definition) is 2. The van der Waals surface area contributed by atoms with Gasteiger partial charge in [-0.05, 0) is 12.1 Å². The molecule has 0 fully saturated rings. The fourth-order valence-electron chi connectivity index (χ4n) is 1.85. The molecule has 7 nitrogen and oxygen atoms in total. The number of nitrogens with two attached hydrogens (primary N) is 1. The fraction of sp³-hybridized carbons (Fsp3) is 0.308. The summed E-state index contributed by atoms with van der Waals surface area (Å²) in [6, 6.07) is 5.21. The highest BCUT2D eigenvalue weighted by atomic mass is 16.5. The van der Waals surface area contributed by atoms with Crippen molar-refractivity contribution < 1.29 is 9.53 Å². The molecule has 0 aliphatic carbocycles. The van der Waals surface area contributed by atoms with Crippen LogP contribution in [0.15, 0.2) is 24.5 Å². The summed E-state index contributed by atoms with van der Waals surface area (Å²) in [7, 11) is 3.22. The number of hydrogen-bond acceptors (Lipinski definition) is 6. The van der Waals surface area contributed by atoms with Crippen molar-refractivity contribution in [2.24, 2.45) is 7.05 Å². The van der Waals surface area contributed by atoms with E-state index in [1.165, 1.54) is 7.11 Å². The second-order valence-corrected chi connectivity index (χ2v) is 4.29. The van der Waals surface area contributed by atoms with Crippen LogP contribution in [0.1, 0.15) is 16.2 Å². The van der Waals surface area contributed by atoms with Crippen LogP contribution in [0.3, 0.4) is 0 Å². The summed E-state index contributed by atoms with van der Waals surface area (Å²) in [5.41, 5.74) is 7.40. The summed E-state index contributed by atoms with van der Waals surface area (Å²) >= 11 is 0. The Morgan fingerprint density at radius 2 is 2.30 bits per heavy atom. The number of nitrogens with zero attached hydrogens (tertiary/aromatic N) is 3. The van der Waals surface area contributed by atoms with E-state index in [1.807, 2.05) is 17.7 Å². The van der Waals surface area contributed by atoms with Crippen molar-refractivity contribution in [2.45, 2.75) is 6.42 Å². The summed E-state index contributed by atoms with van der Waals surface area (Å²) in [6.45, 7) is 0.640. The number of para-hydroxylation sites is 1. The van der Waals surface area contributed by atoms with E-state index in [2.05, 4.69) is 20.3 Å². The number of carbonyl (C=O) groups is 1. The number of anilines is 2. The Kier molecular flexibility index (Phi) is 4.19. The Morgan fingerprint density at radius 3 is 2.95 bits per heavy atom. The Morgan fingerprint density at radius 1 is 1.50 bits per heavy atom. The van der Waals surface area contributed by atoms with E-state index < -0.39 is 5.97 Å². The van der Waals surface area contributed by atoms with Crippen molar-refractivity contribution >= 4 is 17.3 Å². The minimum atomic E-state index is -0.445. The van der Waals surface area contributed by atoms with Crippen LogP contribution in [0.4, 0.5) is 11.4 Å². The number of aryl methyl sites for hydroxylation is 1. The molecule has 20 heavy (non-hydrogen) atoms. The number of rotatable bonds is 5. The topological polar surface area (TPSA) is 95.1 Å². The zero-order chi connectivity index (χ0) is 14.5. The average Bonchev–Trinajstić information content (AvgIpc) is 2.85. The molecule has 106 valence electrons. The van der Waals surface area contributed by atoms with Crippen LogP contribution in [0.5, 0.6) is 0 Å². The van der Waals surface area contributed by atoms with E-state index in [-0.39, 0.29) is 0 Å². The van der Waals surface area contributed by atoms with Crippen LogP contribution in [-0.4, -0.2) is 34.4 Å². The molecule has 0 saturated carbocycles. The third-order valence-electron chi connectivity index (χ3n) is 2.98. The second kappa shape index (κ2) is 6.05. The van der Waals surface area contributed by atoms with Crippen LogP contribution in [0, 0.1) is 0 Å². The first-order chi connectivity index (χ1) is 9.63. The standard InChI is InChI=1S/C13H17N5O2/c1-18-8-16-17-11(18)6-7-15-10-5-3-4-9(12(10)14)13(19)20-2/h3-5,8,15H,6-7,14H2,1-2H3. The molecule has 0 aliphatic rings. The number of carbonyl (C=O) groups excluding carboxylic acids is 1. The van der Waals surface area contributed by atoms with Crippen molar-refractivity contribution in [3.63, 3.8) is 0 Å². The van der Waals surface area contributed by atoms with Gasteiger partial charge in [0.05, 0.1) is 24.0 Å². The quantitative estimate of drug-likeness (QED) is 0.620. The van der Waals surface area contributed by atoms with Crippen molar-refractivity contribution in [1.29, 1.82) is 0 Å². The normalized spacial score (nSPS) is 10.3. The molecule has 2 aromatic rings. The first kappa shape index (κ1) is 13.9. The zero-order valence-electron chi connectivity index (χ0n) is 11.5. The van der Waals surface area contributed by atoms with Gasteiger partial charge >= 0.3 is 5.97 Å². The average molecular weight is 275 g/mol. The molecule has 0 amide bonds. The minimum Gasteiger partial charge on any atom is -0.465 e. The van der Waals surface area contributed by atoms with Crippen LogP contribution in [-0.2, 0) is 18.2 Å². The predicted octanol–water partition coefficient (Wildman–Crippen LogP) is 0.838. The van der Waals surface area contributed by atoms with Gasteiger partial charge in [-0.15, -0.1) is 10.2 Å². The van der Waals surface area contributed by atoms with Crippen LogP contribution >= 0.6 is 0 Å². The lowest BCUT2D eigenvalue weighted by Crippen LogP contribution is -2.12. The molecule has 1 aromatic heterocycles. The Bertz CT molecular complexity index is 609. The molecular formula is C13H17N5O2. The summed E-state index contributed by atoms with van der Waals surface area (Å²) in [5.74, 6) is 0.430. The molecule has 7 heteroatoms. The molecule has 0 aliphatic heterocycles. The van der Waals surface area contributed by atoms with E-state index in [0.29, 0.717) is 29.9 Å². The predicted molar refractivity (Wildman–Crippen MR) is 75.4 cm³/mol. The summed E-state index contributed by atoms with van der Waals surface area (Å²) < 4.78 is 6.54. The lowest BCUT2D eigenvalue weighted by atomic mass is 10.1. The molecule has 0 unspecified atom stereocenters. The van der Waals surface area contributed by atoms with E-state index in [0.717, 1.165) is 5.82 Å². The number of benzene rings is 1. The summed E-state index contributed by atoms with van der Waals surface area (Å²) in [6.07, 6.45) is 2.36. The number of esters is 1. The number of methoxy groups -OCH3 is 1. The Balaban J connectivity index is 2.03. The zero-order valence-corrected chi connectivity index (χ0v) is 11.5. The van der Waals surface area contributed by atoms with Gasteiger partial charge in [-0.2, -0.15) is 0 Å². The number of nitrogens with one attached hydrogen (secondary N) is 1. The minimum absolute atomic E-state index is 0.358. The van der Waals surface area contributed by atoms with Gasteiger partial charge in [-0.1, -0.05) is 6.07 Å². The maximum atomic E-state index is 11.5. The van der Waals surface area contributed by atoms with Gasteiger partial charge in [-0.25, -0.2) is 4.79 Å². The molecular weight excluding hydrogens is 258 g/mol. The Labute approximate surface area is 116 Å². The molecule has 1 heterocycles. The molecule has 0 saturated heterocycles. The van der Waals surface area contributed by atoms with Gasteiger partial charge in [0.25, 0.3) is 0 Å². The van der Waals surface area contributed by atoms with Gasteiger partial charge in [0.1, 0.15) is 12.2 Å². The molecule has 0 bridgehead atoms. The van der Waals surface area contributed by atoms with Crippen LogP contribution < -0.4 is 11.1 Å². The van der Waals surface area contributed by atoms with Crippen molar-refractivity contribution in [3.8, 4) is 0 Å². The lowest BCUT2D eigenvalue weighted by molar-refractivity contribution is 0.0602. The van der Waals surface area contributed by atoms with Crippen LogP contribution in [0.2, 0.25) is 0 Å². The monoisotopic (exact) mass is 275 g/mol. The number of nitrogen functional groups attached to an aromatic ring is 1. The maximum Gasteiger partial charge on any atom is 0.340 e. The third kappa shape index (κ3) is 2.87.